The van der Waals surface area contributed by atoms with E-state index in [0.29, 0.717) is 12.4 Å². The second kappa shape index (κ2) is 5.78. The van der Waals surface area contributed by atoms with E-state index in [-0.39, 0.29) is 12.2 Å². The van der Waals surface area contributed by atoms with Crippen LogP contribution in [0.5, 0.6) is 5.75 Å². The molecule has 0 bridgehead atoms. The zero-order valence-corrected chi connectivity index (χ0v) is 9.65. The maximum absolute atomic E-state index is 5.44. The second-order valence-corrected chi connectivity index (χ2v) is 3.85. The van der Waals surface area contributed by atoms with Crippen LogP contribution >= 0.6 is 0 Å². The number of hydrogen-bond acceptors (Lipinski definition) is 4. The molecule has 4 nitrogen and oxygen atoms in total. The molecule has 1 aromatic heterocycles. The van der Waals surface area contributed by atoms with E-state index in [1.807, 2.05) is 27.7 Å². The van der Waals surface area contributed by atoms with Crippen molar-refractivity contribution >= 4 is 0 Å². The number of furan rings is 1. The van der Waals surface area contributed by atoms with E-state index in [2.05, 4.69) is 0 Å². The molecule has 0 amide bonds. The Labute approximate surface area is 90.1 Å². The normalized spacial score (nSPS) is 11.3. The first kappa shape index (κ1) is 12.1. The largest absolute Gasteiger partial charge is 0.468 e. The lowest BCUT2D eigenvalue weighted by Gasteiger charge is -2.09. The minimum absolute atomic E-state index is 0.0127. The maximum Gasteiger partial charge on any atom is 0.208 e. The third kappa shape index (κ3) is 4.36. The molecule has 0 aromatic carbocycles. The Morgan fingerprint density at radius 3 is 2.47 bits per heavy atom. The first-order valence-electron chi connectivity index (χ1n) is 5.09. The van der Waals surface area contributed by atoms with E-state index < -0.39 is 0 Å². The monoisotopic (exact) mass is 214 g/mol. The molecule has 0 spiro atoms. The summed E-state index contributed by atoms with van der Waals surface area (Å²) in [5, 5.41) is 0. The fourth-order valence-corrected chi connectivity index (χ4v) is 0.895. The molecule has 0 N–H and O–H groups in total. The number of rotatable bonds is 6. The van der Waals surface area contributed by atoms with Gasteiger partial charge in [-0.1, -0.05) is 0 Å². The topological polar surface area (TPSA) is 40.8 Å². The van der Waals surface area contributed by atoms with Gasteiger partial charge < -0.3 is 14.0 Å². The van der Waals surface area contributed by atoms with Crippen molar-refractivity contribution in [1.82, 2.24) is 0 Å². The van der Waals surface area contributed by atoms with Gasteiger partial charge in [0, 0.05) is 0 Å². The lowest BCUT2D eigenvalue weighted by Crippen LogP contribution is -2.07. The van der Waals surface area contributed by atoms with Crippen LogP contribution in [-0.2, 0) is 16.2 Å². The molecule has 15 heavy (non-hydrogen) atoms. The van der Waals surface area contributed by atoms with Crippen LogP contribution in [-0.4, -0.2) is 12.2 Å². The Kier molecular flexibility index (Phi) is 4.65. The SMILES string of the molecule is CC(C)OCc1cocc1OOC(C)C. The maximum atomic E-state index is 5.44. The zero-order valence-electron chi connectivity index (χ0n) is 9.65. The second-order valence-electron chi connectivity index (χ2n) is 3.85. The summed E-state index contributed by atoms with van der Waals surface area (Å²) in [5.41, 5.74) is 0.851. The van der Waals surface area contributed by atoms with Crippen molar-refractivity contribution in [2.75, 3.05) is 0 Å². The van der Waals surface area contributed by atoms with E-state index in [9.17, 15) is 0 Å². The summed E-state index contributed by atoms with van der Waals surface area (Å²) in [7, 11) is 0. The van der Waals surface area contributed by atoms with Crippen molar-refractivity contribution in [3.63, 3.8) is 0 Å². The van der Waals surface area contributed by atoms with Gasteiger partial charge in [-0.3, -0.25) is 0 Å². The smallest absolute Gasteiger partial charge is 0.208 e. The van der Waals surface area contributed by atoms with Gasteiger partial charge in [0.2, 0.25) is 5.75 Å². The summed E-state index contributed by atoms with van der Waals surface area (Å²) >= 11 is 0. The summed E-state index contributed by atoms with van der Waals surface area (Å²) < 4.78 is 10.5. The molecule has 1 rings (SSSR count). The molecule has 0 aliphatic carbocycles. The van der Waals surface area contributed by atoms with Gasteiger partial charge in [-0.25, -0.2) is 0 Å². The average Bonchev–Trinajstić information content (AvgIpc) is 2.58. The van der Waals surface area contributed by atoms with Crippen molar-refractivity contribution < 1.29 is 18.9 Å². The van der Waals surface area contributed by atoms with Crippen LogP contribution in [0.15, 0.2) is 16.9 Å². The van der Waals surface area contributed by atoms with Crippen LogP contribution in [0.4, 0.5) is 0 Å². The summed E-state index contributed by atoms with van der Waals surface area (Å²) in [6.45, 7) is 8.20. The van der Waals surface area contributed by atoms with Gasteiger partial charge in [0.25, 0.3) is 0 Å². The minimum Gasteiger partial charge on any atom is -0.468 e. The van der Waals surface area contributed by atoms with Crippen molar-refractivity contribution in [3.05, 3.63) is 18.1 Å². The molecule has 0 unspecified atom stereocenters. The predicted molar refractivity (Wildman–Crippen MR) is 55.5 cm³/mol. The van der Waals surface area contributed by atoms with E-state index in [0.717, 1.165) is 5.56 Å². The van der Waals surface area contributed by atoms with Crippen LogP contribution in [0.2, 0.25) is 0 Å². The third-order valence-electron chi connectivity index (χ3n) is 1.60. The Morgan fingerprint density at radius 2 is 1.87 bits per heavy atom. The molecule has 86 valence electrons. The molecule has 4 heteroatoms. The predicted octanol–water partition coefficient (Wildman–Crippen LogP) is 2.92. The lowest BCUT2D eigenvalue weighted by atomic mass is 10.3. The Morgan fingerprint density at radius 1 is 1.13 bits per heavy atom. The van der Waals surface area contributed by atoms with Gasteiger partial charge in [0.1, 0.15) is 6.26 Å². The van der Waals surface area contributed by atoms with E-state index in [4.69, 9.17) is 18.9 Å². The standard InChI is InChI=1S/C11H18O4/c1-8(2)13-6-10-5-12-7-11(10)15-14-9(3)4/h5,7-9H,6H2,1-4H3. The van der Waals surface area contributed by atoms with Crippen molar-refractivity contribution in [3.8, 4) is 5.75 Å². The van der Waals surface area contributed by atoms with Gasteiger partial charge >= 0.3 is 0 Å². The van der Waals surface area contributed by atoms with E-state index in [1.54, 1.807) is 6.26 Å². The Bertz CT molecular complexity index is 251. The third-order valence-corrected chi connectivity index (χ3v) is 1.60. The van der Waals surface area contributed by atoms with Gasteiger partial charge in [0.05, 0.1) is 30.6 Å². The van der Waals surface area contributed by atoms with E-state index in [1.165, 1.54) is 6.26 Å². The van der Waals surface area contributed by atoms with Crippen LogP contribution in [0, 0.1) is 0 Å². The highest BCUT2D eigenvalue weighted by atomic mass is 17.2. The fraction of sp³-hybridized carbons (Fsp3) is 0.636. The molecule has 0 aliphatic rings. The van der Waals surface area contributed by atoms with Crippen molar-refractivity contribution in [2.24, 2.45) is 0 Å². The van der Waals surface area contributed by atoms with Crippen LogP contribution in [0.3, 0.4) is 0 Å². The van der Waals surface area contributed by atoms with Crippen molar-refractivity contribution in [2.45, 2.75) is 46.5 Å². The van der Waals surface area contributed by atoms with Crippen LogP contribution in [0.25, 0.3) is 0 Å². The molecular weight excluding hydrogens is 196 g/mol. The van der Waals surface area contributed by atoms with Gasteiger partial charge in [0.15, 0.2) is 0 Å². The zero-order chi connectivity index (χ0) is 11.3. The summed E-state index contributed by atoms with van der Waals surface area (Å²) in [6, 6.07) is 0. The van der Waals surface area contributed by atoms with Crippen molar-refractivity contribution in [1.29, 1.82) is 0 Å². The summed E-state index contributed by atoms with van der Waals surface area (Å²) in [5.74, 6) is 0.573. The Hall–Kier alpha value is -1.00. The highest BCUT2D eigenvalue weighted by Gasteiger charge is 2.09. The first-order chi connectivity index (χ1) is 7.09. The minimum atomic E-state index is 0.0127. The molecular formula is C11H18O4. The lowest BCUT2D eigenvalue weighted by molar-refractivity contribution is -0.235. The van der Waals surface area contributed by atoms with Gasteiger partial charge in [-0.2, -0.15) is 4.89 Å². The summed E-state index contributed by atoms with van der Waals surface area (Å²) in [6.07, 6.45) is 3.29. The Balaban J connectivity index is 2.46. The molecule has 0 aliphatic heterocycles. The molecule has 0 saturated carbocycles. The van der Waals surface area contributed by atoms with Gasteiger partial charge in [-0.15, -0.1) is 0 Å². The van der Waals surface area contributed by atoms with Gasteiger partial charge in [-0.05, 0) is 27.7 Å². The van der Waals surface area contributed by atoms with Crippen LogP contribution in [0.1, 0.15) is 33.3 Å². The molecule has 0 fully saturated rings. The fourth-order valence-electron chi connectivity index (χ4n) is 0.895. The molecule has 0 saturated heterocycles. The first-order valence-corrected chi connectivity index (χ1v) is 5.09. The molecule has 0 atom stereocenters. The highest BCUT2D eigenvalue weighted by Crippen LogP contribution is 2.21. The molecule has 1 heterocycles. The number of hydrogen-bond donors (Lipinski definition) is 0. The molecule has 1 aromatic rings. The number of ether oxygens (including phenoxy) is 1. The highest BCUT2D eigenvalue weighted by molar-refractivity contribution is 5.26. The average molecular weight is 214 g/mol. The quantitative estimate of drug-likeness (QED) is 0.539. The van der Waals surface area contributed by atoms with Crippen LogP contribution < -0.4 is 4.89 Å². The summed E-state index contributed by atoms with van der Waals surface area (Å²) in [4.78, 5) is 10.1. The van der Waals surface area contributed by atoms with E-state index >= 15 is 0 Å². The molecule has 0 radical (unpaired) electrons.